The van der Waals surface area contributed by atoms with Crippen LogP contribution in [-0.4, -0.2) is 28.8 Å². The van der Waals surface area contributed by atoms with Gasteiger partial charge in [0.05, 0.1) is 0 Å². The minimum Gasteiger partial charge on any atom is -0.365 e. The van der Waals surface area contributed by atoms with E-state index < -0.39 is 22.4 Å². The first kappa shape index (κ1) is 13.0. The topological polar surface area (TPSA) is 20.3 Å². The fourth-order valence-corrected chi connectivity index (χ4v) is 3.23. The number of benzene rings is 1. The van der Waals surface area contributed by atoms with E-state index in [1.807, 2.05) is 0 Å². The predicted molar refractivity (Wildman–Crippen MR) is 69.1 cm³/mol. The third-order valence-corrected chi connectivity index (χ3v) is 4.65. The van der Waals surface area contributed by atoms with Gasteiger partial charge in [-0.2, -0.15) is 0 Å². The summed E-state index contributed by atoms with van der Waals surface area (Å²) >= 11 is 3.17. The molecule has 0 spiro atoms. The second-order valence-electron chi connectivity index (χ2n) is 3.88. The lowest BCUT2D eigenvalue weighted by molar-refractivity contribution is 0.570. The van der Waals surface area contributed by atoms with Crippen LogP contribution in [0.15, 0.2) is 12.1 Å². The van der Waals surface area contributed by atoms with E-state index in [2.05, 4.69) is 15.9 Å². The molecule has 1 aliphatic rings. The predicted octanol–water partition coefficient (Wildman–Crippen LogP) is 2.43. The lowest BCUT2D eigenvalue weighted by Crippen LogP contribution is -2.38. The van der Waals surface area contributed by atoms with Crippen molar-refractivity contribution >= 4 is 32.4 Å². The summed E-state index contributed by atoms with van der Waals surface area (Å²) in [5.41, 5.74) is 0.579. The van der Waals surface area contributed by atoms with Gasteiger partial charge in [-0.25, -0.2) is 8.78 Å². The van der Waals surface area contributed by atoms with Crippen LogP contribution in [0.5, 0.6) is 0 Å². The molecular formula is C11H12BrF2NOS. The molecule has 0 aliphatic carbocycles. The van der Waals surface area contributed by atoms with Gasteiger partial charge in [-0.3, -0.25) is 4.21 Å². The van der Waals surface area contributed by atoms with Gasteiger partial charge in [0, 0.05) is 40.7 Å². The highest BCUT2D eigenvalue weighted by Crippen LogP contribution is 2.26. The summed E-state index contributed by atoms with van der Waals surface area (Å²) < 4.78 is 38.8. The van der Waals surface area contributed by atoms with Crippen LogP contribution in [0.1, 0.15) is 5.56 Å². The average molecular weight is 324 g/mol. The lowest BCUT2D eigenvalue weighted by Gasteiger charge is -2.29. The van der Waals surface area contributed by atoms with Gasteiger partial charge in [0.2, 0.25) is 0 Å². The largest absolute Gasteiger partial charge is 0.365 e. The lowest BCUT2D eigenvalue weighted by atomic mass is 10.2. The van der Waals surface area contributed by atoms with E-state index in [1.165, 1.54) is 12.1 Å². The van der Waals surface area contributed by atoms with E-state index >= 15 is 0 Å². The van der Waals surface area contributed by atoms with Gasteiger partial charge >= 0.3 is 0 Å². The number of hydrogen-bond acceptors (Lipinski definition) is 2. The Morgan fingerprint density at radius 3 is 2.24 bits per heavy atom. The van der Waals surface area contributed by atoms with Crippen LogP contribution in [0.4, 0.5) is 14.5 Å². The second-order valence-corrected chi connectivity index (χ2v) is 6.13. The van der Waals surface area contributed by atoms with Crippen molar-refractivity contribution in [3.63, 3.8) is 0 Å². The van der Waals surface area contributed by atoms with Crippen LogP contribution in [0.3, 0.4) is 0 Å². The molecule has 1 fully saturated rings. The standard InChI is InChI=1S/C11H12BrF2NOS/c12-7-8-5-9(13)11(10(14)6-8)15-1-3-17(16)4-2-15/h5-6H,1-4,7H2. The molecule has 0 aromatic heterocycles. The minimum atomic E-state index is -0.848. The highest BCUT2D eigenvalue weighted by atomic mass is 79.9. The van der Waals surface area contributed by atoms with Gasteiger partial charge in [0.15, 0.2) is 0 Å². The summed E-state index contributed by atoms with van der Waals surface area (Å²) in [6, 6.07) is 2.66. The number of anilines is 1. The van der Waals surface area contributed by atoms with Crippen LogP contribution >= 0.6 is 15.9 Å². The molecule has 0 radical (unpaired) electrons. The molecule has 17 heavy (non-hydrogen) atoms. The maximum Gasteiger partial charge on any atom is 0.149 e. The van der Waals surface area contributed by atoms with Crippen molar-refractivity contribution in [1.29, 1.82) is 0 Å². The number of rotatable bonds is 2. The molecule has 1 aliphatic heterocycles. The van der Waals surface area contributed by atoms with E-state index in [4.69, 9.17) is 0 Å². The monoisotopic (exact) mass is 323 g/mol. The molecule has 1 heterocycles. The van der Waals surface area contributed by atoms with E-state index in [0.717, 1.165) is 0 Å². The van der Waals surface area contributed by atoms with Crippen molar-refractivity contribution in [3.05, 3.63) is 29.3 Å². The number of nitrogens with zero attached hydrogens (tertiary/aromatic N) is 1. The highest BCUT2D eigenvalue weighted by Gasteiger charge is 2.22. The summed E-state index contributed by atoms with van der Waals surface area (Å²) in [4.78, 5) is 1.63. The molecule has 0 amide bonds. The molecule has 1 saturated heterocycles. The van der Waals surface area contributed by atoms with Gasteiger partial charge in [0.1, 0.15) is 17.3 Å². The fraction of sp³-hybridized carbons (Fsp3) is 0.455. The summed E-state index contributed by atoms with van der Waals surface area (Å²) in [6.07, 6.45) is 0. The Hall–Kier alpha value is -0.490. The van der Waals surface area contributed by atoms with Crippen LogP contribution in [-0.2, 0) is 16.1 Å². The van der Waals surface area contributed by atoms with E-state index in [0.29, 0.717) is 35.5 Å². The summed E-state index contributed by atoms with van der Waals surface area (Å²) in [6.45, 7) is 0.877. The van der Waals surface area contributed by atoms with Gasteiger partial charge in [-0.1, -0.05) is 15.9 Å². The van der Waals surface area contributed by atoms with E-state index in [1.54, 1.807) is 4.90 Å². The molecule has 6 heteroatoms. The molecule has 1 aromatic rings. The number of hydrogen-bond donors (Lipinski definition) is 0. The summed E-state index contributed by atoms with van der Waals surface area (Å²) in [5, 5.41) is 0.422. The van der Waals surface area contributed by atoms with Crippen LogP contribution in [0, 0.1) is 11.6 Å². The Balaban J connectivity index is 2.29. The summed E-state index contributed by atoms with van der Waals surface area (Å²) in [7, 11) is -0.848. The third kappa shape index (κ3) is 2.85. The molecule has 0 saturated carbocycles. The third-order valence-electron chi connectivity index (χ3n) is 2.72. The molecule has 0 unspecified atom stereocenters. The molecular weight excluding hydrogens is 312 g/mol. The zero-order chi connectivity index (χ0) is 12.4. The van der Waals surface area contributed by atoms with Crippen LogP contribution < -0.4 is 4.90 Å². The average Bonchev–Trinajstić information content (AvgIpc) is 2.30. The summed E-state index contributed by atoms with van der Waals surface area (Å²) in [5.74, 6) is -0.155. The van der Waals surface area contributed by atoms with Crippen molar-refractivity contribution < 1.29 is 13.0 Å². The Labute approximate surface area is 110 Å². The Bertz CT molecular complexity index is 422. The maximum atomic E-state index is 13.8. The van der Waals surface area contributed by atoms with Crippen molar-refractivity contribution in [2.24, 2.45) is 0 Å². The minimum absolute atomic E-state index is 0.00593. The van der Waals surface area contributed by atoms with Gasteiger partial charge in [-0.15, -0.1) is 0 Å². The van der Waals surface area contributed by atoms with Crippen molar-refractivity contribution in [3.8, 4) is 0 Å². The zero-order valence-corrected chi connectivity index (χ0v) is 11.5. The van der Waals surface area contributed by atoms with Gasteiger partial charge in [0.25, 0.3) is 0 Å². The highest BCUT2D eigenvalue weighted by molar-refractivity contribution is 9.08. The van der Waals surface area contributed by atoms with Crippen LogP contribution in [0.25, 0.3) is 0 Å². The van der Waals surface area contributed by atoms with E-state index in [9.17, 15) is 13.0 Å². The number of halogens is 3. The van der Waals surface area contributed by atoms with E-state index in [-0.39, 0.29) is 5.69 Å². The first-order valence-corrected chi connectivity index (χ1v) is 7.86. The van der Waals surface area contributed by atoms with Crippen LogP contribution in [0.2, 0.25) is 0 Å². The quantitative estimate of drug-likeness (QED) is 0.779. The molecule has 2 rings (SSSR count). The smallest absolute Gasteiger partial charge is 0.149 e. The molecule has 2 nitrogen and oxygen atoms in total. The van der Waals surface area contributed by atoms with Crippen molar-refractivity contribution in [2.45, 2.75) is 5.33 Å². The molecule has 0 N–H and O–H groups in total. The SMILES string of the molecule is O=S1CCN(c2c(F)cc(CBr)cc2F)CC1. The Kier molecular flexibility index (Phi) is 4.14. The maximum absolute atomic E-state index is 13.8. The van der Waals surface area contributed by atoms with Gasteiger partial charge < -0.3 is 4.90 Å². The number of alkyl halides is 1. The second kappa shape index (κ2) is 5.44. The van der Waals surface area contributed by atoms with Crippen molar-refractivity contribution in [2.75, 3.05) is 29.5 Å². The molecule has 94 valence electrons. The van der Waals surface area contributed by atoms with Gasteiger partial charge in [-0.05, 0) is 17.7 Å². The Morgan fingerprint density at radius 1 is 1.24 bits per heavy atom. The fourth-order valence-electron chi connectivity index (χ4n) is 1.86. The molecule has 0 atom stereocenters. The first-order valence-electron chi connectivity index (χ1n) is 5.25. The molecule has 0 bridgehead atoms. The normalized spacial score (nSPS) is 17.5. The van der Waals surface area contributed by atoms with Crippen molar-refractivity contribution in [1.82, 2.24) is 0 Å². The zero-order valence-electron chi connectivity index (χ0n) is 9.09. The Morgan fingerprint density at radius 2 is 1.76 bits per heavy atom. The molecule has 1 aromatic carbocycles. The first-order chi connectivity index (χ1) is 8.11.